The number of hydrogen-bond donors (Lipinski definition) is 3. The summed E-state index contributed by atoms with van der Waals surface area (Å²) >= 11 is 0. The van der Waals surface area contributed by atoms with Crippen molar-refractivity contribution in [3.63, 3.8) is 0 Å². The van der Waals surface area contributed by atoms with Crippen LogP contribution in [0.4, 0.5) is 5.69 Å². The zero-order chi connectivity index (χ0) is 13.9. The van der Waals surface area contributed by atoms with Gasteiger partial charge in [0.2, 0.25) is 5.91 Å². The molecule has 20 heavy (non-hydrogen) atoms. The predicted octanol–water partition coefficient (Wildman–Crippen LogP) is 2.14. The Bertz CT molecular complexity index is 572. The molecule has 104 valence electrons. The summed E-state index contributed by atoms with van der Waals surface area (Å²) in [6.45, 7) is 0. The first-order valence-corrected chi connectivity index (χ1v) is 6.86. The first kappa shape index (κ1) is 12.9. The average Bonchev–Trinajstić information content (AvgIpc) is 3.15. The van der Waals surface area contributed by atoms with Gasteiger partial charge in [-0.15, -0.1) is 0 Å². The van der Waals surface area contributed by atoms with Crippen LogP contribution in [0.2, 0.25) is 0 Å². The molecule has 1 saturated carbocycles. The fourth-order valence-corrected chi connectivity index (χ4v) is 2.26. The number of amides is 1. The van der Waals surface area contributed by atoms with Crippen molar-refractivity contribution in [1.82, 2.24) is 9.97 Å². The predicted molar refractivity (Wildman–Crippen MR) is 78.0 cm³/mol. The van der Waals surface area contributed by atoms with Crippen molar-refractivity contribution < 1.29 is 4.79 Å². The van der Waals surface area contributed by atoms with Gasteiger partial charge >= 0.3 is 0 Å². The standard InChI is InChI=1S/C15H18N4O/c16-13(10-1-2-10)7-15(20)19-12-5-3-11(4-6-12)14-8-17-9-18-14/h3-6,8-10,13H,1-2,7,16H2,(H,17,18)(H,19,20). The lowest BCUT2D eigenvalue weighted by Gasteiger charge is -2.10. The van der Waals surface area contributed by atoms with Crippen LogP contribution in [0.15, 0.2) is 36.8 Å². The number of rotatable bonds is 5. The van der Waals surface area contributed by atoms with E-state index in [2.05, 4.69) is 15.3 Å². The van der Waals surface area contributed by atoms with Gasteiger partial charge in [0.15, 0.2) is 0 Å². The first-order chi connectivity index (χ1) is 9.72. The highest BCUT2D eigenvalue weighted by Gasteiger charge is 2.29. The Kier molecular flexibility index (Phi) is 3.52. The minimum atomic E-state index is -0.0151. The second-order valence-electron chi connectivity index (χ2n) is 5.30. The van der Waals surface area contributed by atoms with Crippen molar-refractivity contribution in [3.8, 4) is 11.3 Å². The highest BCUT2D eigenvalue weighted by Crippen LogP contribution is 2.32. The van der Waals surface area contributed by atoms with Gasteiger partial charge in [0, 0.05) is 18.2 Å². The highest BCUT2D eigenvalue weighted by atomic mass is 16.1. The van der Waals surface area contributed by atoms with Crippen LogP contribution in [0.25, 0.3) is 11.3 Å². The number of carbonyl (C=O) groups is 1. The molecule has 1 unspecified atom stereocenters. The maximum Gasteiger partial charge on any atom is 0.225 e. The minimum absolute atomic E-state index is 0.000679. The maximum absolute atomic E-state index is 11.9. The Morgan fingerprint density at radius 1 is 1.40 bits per heavy atom. The van der Waals surface area contributed by atoms with Crippen molar-refractivity contribution in [3.05, 3.63) is 36.8 Å². The van der Waals surface area contributed by atoms with Crippen LogP contribution < -0.4 is 11.1 Å². The number of nitrogens with two attached hydrogens (primary N) is 1. The number of carbonyl (C=O) groups excluding carboxylic acids is 1. The van der Waals surface area contributed by atoms with Crippen LogP contribution in [-0.2, 0) is 4.79 Å². The zero-order valence-electron chi connectivity index (χ0n) is 11.2. The number of anilines is 1. The molecule has 2 aromatic rings. The van der Waals surface area contributed by atoms with Crippen molar-refractivity contribution >= 4 is 11.6 Å². The molecule has 1 fully saturated rings. The van der Waals surface area contributed by atoms with Gasteiger partial charge in [-0.3, -0.25) is 4.79 Å². The average molecular weight is 270 g/mol. The zero-order valence-corrected chi connectivity index (χ0v) is 11.2. The first-order valence-electron chi connectivity index (χ1n) is 6.86. The molecule has 4 N–H and O–H groups in total. The van der Waals surface area contributed by atoms with Crippen LogP contribution in [0, 0.1) is 5.92 Å². The van der Waals surface area contributed by atoms with Gasteiger partial charge in [-0.25, -0.2) is 4.98 Å². The topological polar surface area (TPSA) is 83.8 Å². The highest BCUT2D eigenvalue weighted by molar-refractivity contribution is 5.91. The molecule has 1 aliphatic rings. The van der Waals surface area contributed by atoms with Gasteiger partial charge in [0.05, 0.1) is 18.2 Å². The molecule has 0 saturated heterocycles. The molecule has 1 amide bonds. The lowest BCUT2D eigenvalue weighted by Crippen LogP contribution is -2.28. The summed E-state index contributed by atoms with van der Waals surface area (Å²) in [5, 5.41) is 2.88. The minimum Gasteiger partial charge on any atom is -0.345 e. The van der Waals surface area contributed by atoms with Crippen molar-refractivity contribution in [1.29, 1.82) is 0 Å². The monoisotopic (exact) mass is 270 g/mol. The van der Waals surface area contributed by atoms with Gasteiger partial charge in [-0.1, -0.05) is 12.1 Å². The third kappa shape index (κ3) is 3.05. The number of aromatic nitrogens is 2. The van der Waals surface area contributed by atoms with Crippen LogP contribution in [0.1, 0.15) is 19.3 Å². The lowest BCUT2D eigenvalue weighted by molar-refractivity contribution is -0.116. The number of hydrogen-bond acceptors (Lipinski definition) is 3. The van der Waals surface area contributed by atoms with Crippen LogP contribution in [-0.4, -0.2) is 21.9 Å². The quantitative estimate of drug-likeness (QED) is 0.778. The van der Waals surface area contributed by atoms with Crippen LogP contribution in [0.5, 0.6) is 0 Å². The van der Waals surface area contributed by atoms with E-state index in [1.165, 1.54) is 0 Å². The molecule has 0 bridgehead atoms. The number of nitrogens with zero attached hydrogens (tertiary/aromatic N) is 1. The van der Waals surface area contributed by atoms with Gasteiger partial charge in [-0.2, -0.15) is 0 Å². The van der Waals surface area contributed by atoms with E-state index in [4.69, 9.17) is 5.73 Å². The van der Waals surface area contributed by atoms with Gasteiger partial charge in [0.1, 0.15) is 0 Å². The molecule has 1 aromatic carbocycles. The van der Waals surface area contributed by atoms with E-state index in [-0.39, 0.29) is 11.9 Å². The third-order valence-electron chi connectivity index (χ3n) is 3.63. The summed E-state index contributed by atoms with van der Waals surface area (Å²) in [6, 6.07) is 7.67. The smallest absolute Gasteiger partial charge is 0.225 e. The molecule has 0 aliphatic heterocycles. The van der Waals surface area contributed by atoms with E-state index in [0.717, 1.165) is 29.8 Å². The summed E-state index contributed by atoms with van der Waals surface area (Å²) in [5.41, 5.74) is 8.74. The molecule has 1 aliphatic carbocycles. The third-order valence-corrected chi connectivity index (χ3v) is 3.63. The second kappa shape index (κ2) is 5.46. The van der Waals surface area contributed by atoms with E-state index in [1.807, 2.05) is 24.3 Å². The maximum atomic E-state index is 11.9. The molecule has 1 heterocycles. The second-order valence-corrected chi connectivity index (χ2v) is 5.30. The van der Waals surface area contributed by atoms with E-state index in [0.29, 0.717) is 12.3 Å². The van der Waals surface area contributed by atoms with Crippen LogP contribution in [0.3, 0.4) is 0 Å². The summed E-state index contributed by atoms with van der Waals surface area (Å²) in [7, 11) is 0. The molecule has 3 rings (SSSR count). The van der Waals surface area contributed by atoms with E-state index in [9.17, 15) is 4.79 Å². The van der Waals surface area contributed by atoms with Crippen molar-refractivity contribution in [2.24, 2.45) is 11.7 Å². The Morgan fingerprint density at radius 3 is 2.75 bits per heavy atom. The van der Waals surface area contributed by atoms with E-state index in [1.54, 1.807) is 12.5 Å². The van der Waals surface area contributed by atoms with Crippen molar-refractivity contribution in [2.45, 2.75) is 25.3 Å². The lowest BCUT2D eigenvalue weighted by atomic mass is 10.1. The molecular weight excluding hydrogens is 252 g/mol. The summed E-state index contributed by atoms with van der Waals surface area (Å²) in [6.07, 6.45) is 6.13. The van der Waals surface area contributed by atoms with E-state index >= 15 is 0 Å². The van der Waals surface area contributed by atoms with Gasteiger partial charge in [0.25, 0.3) is 0 Å². The molecule has 5 heteroatoms. The number of aromatic amines is 1. The molecule has 1 aromatic heterocycles. The summed E-state index contributed by atoms with van der Waals surface area (Å²) < 4.78 is 0. The molecule has 1 atom stereocenters. The number of H-pyrrole nitrogens is 1. The Morgan fingerprint density at radius 2 is 2.15 bits per heavy atom. The fraction of sp³-hybridized carbons (Fsp3) is 0.333. The normalized spacial score (nSPS) is 15.8. The van der Waals surface area contributed by atoms with E-state index < -0.39 is 0 Å². The van der Waals surface area contributed by atoms with Crippen molar-refractivity contribution in [2.75, 3.05) is 5.32 Å². The molecule has 0 radical (unpaired) electrons. The molecule has 5 nitrogen and oxygen atoms in total. The molecule has 0 spiro atoms. The number of imidazole rings is 1. The Hall–Kier alpha value is -2.14. The Balaban J connectivity index is 1.58. The van der Waals surface area contributed by atoms with Gasteiger partial charge < -0.3 is 16.0 Å². The number of benzene rings is 1. The molecular formula is C15H18N4O. The summed E-state index contributed by atoms with van der Waals surface area (Å²) in [4.78, 5) is 18.9. The largest absolute Gasteiger partial charge is 0.345 e. The SMILES string of the molecule is NC(CC(=O)Nc1ccc(-c2cnc[nH]2)cc1)C1CC1. The van der Waals surface area contributed by atoms with Gasteiger partial charge in [-0.05, 0) is 36.5 Å². The fourth-order valence-electron chi connectivity index (χ4n) is 2.26. The number of nitrogens with one attached hydrogen (secondary N) is 2. The van der Waals surface area contributed by atoms with Crippen LogP contribution >= 0.6 is 0 Å². The Labute approximate surface area is 117 Å². The summed E-state index contributed by atoms with van der Waals surface area (Å²) in [5.74, 6) is 0.530.